The van der Waals surface area contributed by atoms with E-state index in [0.717, 1.165) is 23.3 Å². The number of rotatable bonds is 6. The van der Waals surface area contributed by atoms with Gasteiger partial charge >= 0.3 is 6.92 Å². The van der Waals surface area contributed by atoms with Crippen LogP contribution in [0, 0.1) is 11.2 Å². The molecule has 148 valence electrons. The van der Waals surface area contributed by atoms with Crippen molar-refractivity contribution in [3.05, 3.63) is 65.0 Å². The first-order valence-corrected chi connectivity index (χ1v) is 11.0. The van der Waals surface area contributed by atoms with Gasteiger partial charge in [-0.15, -0.1) is 0 Å². The fraction of sp³-hybridized carbons (Fsp3) is 0.435. The van der Waals surface area contributed by atoms with E-state index in [1.807, 2.05) is 23.9 Å². The molecule has 28 heavy (non-hydrogen) atoms. The molecule has 0 atom stereocenters. The van der Waals surface area contributed by atoms with Crippen LogP contribution in [0.25, 0.3) is 0 Å². The number of halogens is 1. The summed E-state index contributed by atoms with van der Waals surface area (Å²) in [5, 5.41) is 0. The first-order chi connectivity index (χ1) is 13.1. The fourth-order valence-corrected chi connectivity index (χ4v) is 4.21. The van der Waals surface area contributed by atoms with Crippen LogP contribution < -0.4 is 5.46 Å². The van der Waals surface area contributed by atoms with Crippen molar-refractivity contribution < 1.29 is 13.8 Å². The normalized spacial score (nSPS) is 17.7. The molecule has 0 radical (unpaired) electrons. The van der Waals surface area contributed by atoms with Crippen molar-refractivity contribution >= 4 is 29.9 Å². The van der Waals surface area contributed by atoms with Gasteiger partial charge in [0.2, 0.25) is 0 Å². The summed E-state index contributed by atoms with van der Waals surface area (Å²) in [7, 11) is 0. The van der Waals surface area contributed by atoms with Crippen LogP contribution >= 0.6 is 11.8 Å². The Bertz CT molecular complexity index is 845. The van der Waals surface area contributed by atoms with Gasteiger partial charge in [0.25, 0.3) is 0 Å². The predicted octanol–water partition coefficient (Wildman–Crippen LogP) is 5.34. The van der Waals surface area contributed by atoms with E-state index in [0.29, 0.717) is 11.1 Å². The molecule has 0 aliphatic carbocycles. The SMILES string of the molecule is CCSCc1ccc(C(=O)c2ccc(F)cc2)c(B2CC(C)(C)C(C)(C)O2)c1. The Kier molecular flexibility index (Phi) is 6.07. The van der Waals surface area contributed by atoms with Crippen LogP contribution in [0.2, 0.25) is 6.32 Å². The van der Waals surface area contributed by atoms with Crippen molar-refractivity contribution in [3.8, 4) is 0 Å². The Balaban J connectivity index is 2.02. The highest BCUT2D eigenvalue weighted by Crippen LogP contribution is 2.45. The van der Waals surface area contributed by atoms with Gasteiger partial charge in [-0.2, -0.15) is 11.8 Å². The van der Waals surface area contributed by atoms with Crippen LogP contribution in [0.4, 0.5) is 4.39 Å². The number of hydrogen-bond acceptors (Lipinski definition) is 3. The van der Waals surface area contributed by atoms with Crippen molar-refractivity contribution in [1.82, 2.24) is 0 Å². The maximum absolute atomic E-state index is 13.3. The quantitative estimate of drug-likeness (QED) is 0.485. The minimum Gasteiger partial charge on any atom is -0.426 e. The standard InChI is InChI=1S/C23H28BFO2S/c1-6-28-14-16-7-12-19(21(26)17-8-10-18(25)11-9-17)20(13-16)24-15-22(2,3)23(4,5)27-24/h7-13H,6,14-15H2,1-5H3. The molecular weight excluding hydrogens is 370 g/mol. The zero-order valence-electron chi connectivity index (χ0n) is 17.3. The lowest BCUT2D eigenvalue weighted by Crippen LogP contribution is -2.38. The van der Waals surface area contributed by atoms with E-state index in [2.05, 4.69) is 40.7 Å². The molecule has 0 bridgehead atoms. The van der Waals surface area contributed by atoms with E-state index in [9.17, 15) is 9.18 Å². The zero-order chi connectivity index (χ0) is 20.5. The minimum atomic E-state index is -0.341. The second kappa shape index (κ2) is 8.04. The largest absolute Gasteiger partial charge is 0.426 e. The maximum Gasteiger partial charge on any atom is 0.328 e. The van der Waals surface area contributed by atoms with Gasteiger partial charge in [-0.1, -0.05) is 39.0 Å². The van der Waals surface area contributed by atoms with Crippen molar-refractivity contribution in [1.29, 1.82) is 0 Å². The van der Waals surface area contributed by atoms with Crippen molar-refractivity contribution in [2.24, 2.45) is 5.41 Å². The topological polar surface area (TPSA) is 26.3 Å². The Morgan fingerprint density at radius 3 is 2.39 bits per heavy atom. The second-order valence-corrected chi connectivity index (χ2v) is 9.87. The molecule has 1 saturated heterocycles. The molecule has 5 heteroatoms. The maximum atomic E-state index is 13.3. The molecule has 0 spiro atoms. The van der Waals surface area contributed by atoms with E-state index < -0.39 is 0 Å². The third-order valence-corrected chi connectivity index (χ3v) is 6.99. The first-order valence-electron chi connectivity index (χ1n) is 9.83. The van der Waals surface area contributed by atoms with Crippen molar-refractivity contribution in [3.63, 3.8) is 0 Å². The Hall–Kier alpha value is -1.59. The van der Waals surface area contributed by atoms with E-state index >= 15 is 0 Å². The molecule has 1 fully saturated rings. The number of carbonyl (C=O) groups excluding carboxylic acids is 1. The van der Waals surface area contributed by atoms with Gasteiger partial charge < -0.3 is 4.65 Å². The third kappa shape index (κ3) is 4.21. The summed E-state index contributed by atoms with van der Waals surface area (Å²) >= 11 is 1.86. The highest BCUT2D eigenvalue weighted by atomic mass is 32.2. The highest BCUT2D eigenvalue weighted by molar-refractivity contribution is 7.98. The van der Waals surface area contributed by atoms with Gasteiger partial charge in [-0.3, -0.25) is 4.79 Å². The number of ketones is 1. The first kappa shape index (κ1) is 21.1. The fourth-order valence-electron chi connectivity index (χ4n) is 3.59. The van der Waals surface area contributed by atoms with Gasteiger partial charge in [0, 0.05) is 16.9 Å². The molecule has 2 aromatic rings. The molecular formula is C23H28BFO2S. The summed E-state index contributed by atoms with van der Waals surface area (Å²) in [5.41, 5.74) is 3.01. The summed E-state index contributed by atoms with van der Waals surface area (Å²) in [4.78, 5) is 13.2. The monoisotopic (exact) mass is 398 g/mol. The summed E-state index contributed by atoms with van der Waals surface area (Å²) in [5.74, 6) is 1.53. The van der Waals surface area contributed by atoms with Gasteiger partial charge in [-0.05, 0) is 66.6 Å². The number of carbonyl (C=O) groups is 1. The number of thioether (sulfide) groups is 1. The average Bonchev–Trinajstić information content (AvgIpc) is 2.87. The van der Waals surface area contributed by atoms with Crippen LogP contribution in [0.3, 0.4) is 0 Å². The molecule has 0 aromatic heterocycles. The molecule has 1 aliphatic heterocycles. The summed E-state index contributed by atoms with van der Waals surface area (Å²) in [6.07, 6.45) is 0.855. The Morgan fingerprint density at radius 1 is 1.14 bits per heavy atom. The highest BCUT2D eigenvalue weighted by Gasteiger charge is 2.50. The third-order valence-electron chi connectivity index (χ3n) is 6.05. The van der Waals surface area contributed by atoms with Gasteiger partial charge in [0.15, 0.2) is 5.78 Å². The molecule has 0 N–H and O–H groups in total. The smallest absolute Gasteiger partial charge is 0.328 e. The summed E-state index contributed by atoms with van der Waals surface area (Å²) in [6, 6.07) is 11.8. The van der Waals surface area contributed by atoms with E-state index in [-0.39, 0.29) is 29.5 Å². The number of benzene rings is 2. The molecule has 0 saturated carbocycles. The van der Waals surface area contributed by atoms with E-state index in [4.69, 9.17) is 4.65 Å². The Morgan fingerprint density at radius 2 is 1.82 bits per heavy atom. The van der Waals surface area contributed by atoms with Gasteiger partial charge in [0.05, 0.1) is 5.60 Å². The molecule has 0 unspecified atom stereocenters. The van der Waals surface area contributed by atoms with Crippen LogP contribution in [0.15, 0.2) is 42.5 Å². The van der Waals surface area contributed by atoms with Crippen LogP contribution in [-0.2, 0) is 10.4 Å². The molecule has 1 aliphatic rings. The molecule has 0 amide bonds. The lowest BCUT2D eigenvalue weighted by Gasteiger charge is -2.34. The molecule has 2 aromatic carbocycles. The second-order valence-electron chi connectivity index (χ2n) is 8.60. The van der Waals surface area contributed by atoms with Crippen molar-refractivity contribution in [2.75, 3.05) is 5.75 Å². The predicted molar refractivity (Wildman–Crippen MR) is 117 cm³/mol. The minimum absolute atomic E-state index is 0.00202. The van der Waals surface area contributed by atoms with Gasteiger partial charge in [-0.25, -0.2) is 4.39 Å². The van der Waals surface area contributed by atoms with Crippen molar-refractivity contribution in [2.45, 2.75) is 52.3 Å². The summed E-state index contributed by atoms with van der Waals surface area (Å²) in [6.45, 7) is 10.7. The summed E-state index contributed by atoms with van der Waals surface area (Å²) < 4.78 is 19.7. The molecule has 3 rings (SSSR count). The van der Waals surface area contributed by atoms with E-state index in [1.165, 1.54) is 17.7 Å². The molecule has 1 heterocycles. The van der Waals surface area contributed by atoms with Crippen LogP contribution in [-0.4, -0.2) is 24.1 Å². The van der Waals surface area contributed by atoms with Crippen LogP contribution in [0.5, 0.6) is 0 Å². The van der Waals surface area contributed by atoms with Gasteiger partial charge in [0.1, 0.15) is 5.82 Å². The van der Waals surface area contributed by atoms with Crippen LogP contribution in [0.1, 0.15) is 56.1 Å². The van der Waals surface area contributed by atoms with E-state index in [1.54, 1.807) is 12.1 Å². The Labute approximate surface area is 172 Å². The lowest BCUT2D eigenvalue weighted by molar-refractivity contribution is 0.0375. The average molecular weight is 398 g/mol. The lowest BCUT2D eigenvalue weighted by atomic mass is 9.52. The molecule has 2 nitrogen and oxygen atoms in total. The zero-order valence-corrected chi connectivity index (χ0v) is 18.2. The number of hydrogen-bond donors (Lipinski definition) is 0.